The zero-order valence-electron chi connectivity index (χ0n) is 17.0. The van der Waals surface area contributed by atoms with Gasteiger partial charge in [-0.3, -0.25) is 19.2 Å². The van der Waals surface area contributed by atoms with Gasteiger partial charge in [-0.2, -0.15) is 0 Å². The van der Waals surface area contributed by atoms with Gasteiger partial charge < -0.3 is 20.9 Å². The van der Waals surface area contributed by atoms with Gasteiger partial charge in [0.15, 0.2) is 0 Å². The van der Waals surface area contributed by atoms with Crippen molar-refractivity contribution in [2.45, 2.75) is 33.1 Å². The van der Waals surface area contributed by atoms with Crippen LogP contribution in [0.25, 0.3) is 0 Å². The maximum atomic E-state index is 12.3. The molecule has 3 rings (SSSR count). The molecule has 0 spiro atoms. The van der Waals surface area contributed by atoms with E-state index in [0.29, 0.717) is 30.0 Å². The molecule has 8 heteroatoms. The minimum atomic E-state index is -0.821. The van der Waals surface area contributed by atoms with E-state index in [2.05, 4.69) is 16.0 Å². The Bertz CT molecular complexity index is 985. The van der Waals surface area contributed by atoms with Crippen LogP contribution in [-0.2, 0) is 19.2 Å². The molecule has 1 aliphatic heterocycles. The molecule has 0 radical (unpaired) electrons. The summed E-state index contributed by atoms with van der Waals surface area (Å²) in [4.78, 5) is 49.5. The Kier molecular flexibility index (Phi) is 6.46. The van der Waals surface area contributed by atoms with Gasteiger partial charge in [0, 0.05) is 42.6 Å². The second-order valence-electron chi connectivity index (χ2n) is 7.17. The molecule has 0 atom stereocenters. The highest BCUT2D eigenvalue weighted by Crippen LogP contribution is 2.27. The molecule has 8 nitrogen and oxygen atoms in total. The van der Waals surface area contributed by atoms with Crippen molar-refractivity contribution in [2.75, 3.05) is 27.4 Å². The molecule has 0 unspecified atom stereocenters. The zero-order valence-corrected chi connectivity index (χ0v) is 17.0. The van der Waals surface area contributed by atoms with E-state index >= 15 is 0 Å². The maximum absolute atomic E-state index is 12.3. The lowest BCUT2D eigenvalue weighted by Crippen LogP contribution is -2.35. The summed E-state index contributed by atoms with van der Waals surface area (Å²) in [5, 5.41) is 7.71. The molecular weight excluding hydrogens is 384 g/mol. The maximum Gasteiger partial charge on any atom is 0.314 e. The van der Waals surface area contributed by atoms with Crippen LogP contribution in [0.15, 0.2) is 42.5 Å². The lowest BCUT2D eigenvalue weighted by atomic mass is 10.1. The number of hydrogen-bond acceptors (Lipinski definition) is 4. The summed E-state index contributed by atoms with van der Waals surface area (Å²) >= 11 is 0. The Morgan fingerprint density at radius 3 is 2.00 bits per heavy atom. The number of anilines is 4. The van der Waals surface area contributed by atoms with Crippen LogP contribution in [0.4, 0.5) is 22.7 Å². The minimum Gasteiger partial charge on any atom is -0.326 e. The molecule has 2 aromatic rings. The van der Waals surface area contributed by atoms with Crippen LogP contribution in [0.3, 0.4) is 0 Å². The highest BCUT2D eigenvalue weighted by atomic mass is 16.2. The van der Waals surface area contributed by atoms with Gasteiger partial charge in [-0.1, -0.05) is 6.07 Å². The van der Waals surface area contributed by atoms with Crippen molar-refractivity contribution in [3.63, 3.8) is 0 Å². The molecule has 0 saturated carbocycles. The summed E-state index contributed by atoms with van der Waals surface area (Å²) in [7, 11) is 0. The SMILES string of the molecule is CC(=O)Nc1ccc(NC(=O)C(=O)Nc2ccc(C)c(N3CCCCC3=O)c2)cc1. The third-order valence-electron chi connectivity index (χ3n) is 4.75. The zero-order chi connectivity index (χ0) is 21.7. The fourth-order valence-corrected chi connectivity index (χ4v) is 3.25. The number of carbonyl (C=O) groups is 4. The third-order valence-corrected chi connectivity index (χ3v) is 4.75. The number of aryl methyl sites for hydroxylation is 1. The number of benzene rings is 2. The van der Waals surface area contributed by atoms with E-state index in [1.807, 2.05) is 13.0 Å². The van der Waals surface area contributed by atoms with Crippen LogP contribution in [0.5, 0.6) is 0 Å². The first kappa shape index (κ1) is 21.0. The molecule has 1 fully saturated rings. The average Bonchev–Trinajstić information content (AvgIpc) is 2.71. The molecule has 1 aliphatic rings. The topological polar surface area (TPSA) is 108 Å². The van der Waals surface area contributed by atoms with Crippen molar-refractivity contribution >= 4 is 46.4 Å². The number of nitrogens with one attached hydrogen (secondary N) is 3. The van der Waals surface area contributed by atoms with Gasteiger partial charge in [0.2, 0.25) is 11.8 Å². The van der Waals surface area contributed by atoms with E-state index in [9.17, 15) is 19.2 Å². The first-order valence-corrected chi connectivity index (χ1v) is 9.74. The molecule has 0 aliphatic carbocycles. The number of hydrogen-bond donors (Lipinski definition) is 3. The average molecular weight is 408 g/mol. The lowest BCUT2D eigenvalue weighted by Gasteiger charge is -2.28. The predicted molar refractivity (Wildman–Crippen MR) is 115 cm³/mol. The van der Waals surface area contributed by atoms with E-state index in [1.165, 1.54) is 6.92 Å². The Balaban J connectivity index is 1.65. The van der Waals surface area contributed by atoms with Gasteiger partial charge in [-0.05, 0) is 61.7 Å². The first-order chi connectivity index (χ1) is 14.3. The fourth-order valence-electron chi connectivity index (χ4n) is 3.25. The predicted octanol–water partition coefficient (Wildman–Crippen LogP) is 3.05. The summed E-state index contributed by atoms with van der Waals surface area (Å²) < 4.78 is 0. The third kappa shape index (κ3) is 5.22. The van der Waals surface area contributed by atoms with Gasteiger partial charge in [0.25, 0.3) is 0 Å². The molecule has 4 amide bonds. The van der Waals surface area contributed by atoms with E-state index in [4.69, 9.17) is 0 Å². The standard InChI is InChI=1S/C22H24N4O4/c1-14-6-7-18(13-19(14)26-12-4-3-5-20(26)28)25-22(30)21(29)24-17-10-8-16(9-11-17)23-15(2)27/h6-11,13H,3-5,12H2,1-2H3,(H,23,27)(H,24,29)(H,25,30). The molecule has 3 N–H and O–H groups in total. The summed E-state index contributed by atoms with van der Waals surface area (Å²) in [6, 6.07) is 11.6. The van der Waals surface area contributed by atoms with Crippen LogP contribution in [-0.4, -0.2) is 30.2 Å². The molecule has 2 aromatic carbocycles. The number of carbonyl (C=O) groups excluding carboxylic acids is 4. The van der Waals surface area contributed by atoms with Crippen LogP contribution < -0.4 is 20.9 Å². The van der Waals surface area contributed by atoms with Crippen molar-refractivity contribution in [1.29, 1.82) is 0 Å². The Hall–Kier alpha value is -3.68. The van der Waals surface area contributed by atoms with Crippen molar-refractivity contribution < 1.29 is 19.2 Å². The largest absolute Gasteiger partial charge is 0.326 e. The Morgan fingerprint density at radius 2 is 1.40 bits per heavy atom. The van der Waals surface area contributed by atoms with E-state index in [-0.39, 0.29) is 11.8 Å². The van der Waals surface area contributed by atoms with E-state index in [0.717, 1.165) is 24.1 Å². The van der Waals surface area contributed by atoms with E-state index < -0.39 is 11.8 Å². The van der Waals surface area contributed by atoms with Crippen molar-refractivity contribution in [1.82, 2.24) is 0 Å². The van der Waals surface area contributed by atoms with Crippen molar-refractivity contribution in [3.8, 4) is 0 Å². The van der Waals surface area contributed by atoms with Crippen LogP contribution >= 0.6 is 0 Å². The van der Waals surface area contributed by atoms with Crippen LogP contribution in [0.2, 0.25) is 0 Å². The van der Waals surface area contributed by atoms with Gasteiger partial charge in [-0.25, -0.2) is 0 Å². The normalized spacial score (nSPS) is 13.5. The van der Waals surface area contributed by atoms with E-state index in [1.54, 1.807) is 41.3 Å². The Morgan fingerprint density at radius 1 is 0.833 bits per heavy atom. The van der Waals surface area contributed by atoms with Crippen molar-refractivity contribution in [3.05, 3.63) is 48.0 Å². The molecule has 30 heavy (non-hydrogen) atoms. The quantitative estimate of drug-likeness (QED) is 0.676. The number of piperidine rings is 1. The number of nitrogens with zero attached hydrogens (tertiary/aromatic N) is 1. The molecule has 156 valence electrons. The molecule has 1 saturated heterocycles. The first-order valence-electron chi connectivity index (χ1n) is 9.74. The van der Waals surface area contributed by atoms with Gasteiger partial charge >= 0.3 is 11.8 Å². The van der Waals surface area contributed by atoms with Gasteiger partial charge in [-0.15, -0.1) is 0 Å². The number of amides is 4. The van der Waals surface area contributed by atoms with Gasteiger partial charge in [0.1, 0.15) is 0 Å². The fraction of sp³-hybridized carbons (Fsp3) is 0.273. The van der Waals surface area contributed by atoms with Crippen LogP contribution in [0, 0.1) is 6.92 Å². The Labute approximate surface area is 174 Å². The van der Waals surface area contributed by atoms with Crippen molar-refractivity contribution in [2.24, 2.45) is 0 Å². The summed E-state index contributed by atoms with van der Waals surface area (Å²) in [5.41, 5.74) is 3.12. The second kappa shape index (κ2) is 9.21. The summed E-state index contributed by atoms with van der Waals surface area (Å²) in [6.07, 6.45) is 2.33. The summed E-state index contributed by atoms with van der Waals surface area (Å²) in [5.74, 6) is -1.78. The second-order valence-corrected chi connectivity index (χ2v) is 7.17. The molecule has 1 heterocycles. The highest BCUT2D eigenvalue weighted by Gasteiger charge is 2.22. The summed E-state index contributed by atoms with van der Waals surface area (Å²) in [6.45, 7) is 3.95. The monoisotopic (exact) mass is 408 g/mol. The van der Waals surface area contributed by atoms with Crippen LogP contribution in [0.1, 0.15) is 31.7 Å². The highest BCUT2D eigenvalue weighted by molar-refractivity contribution is 6.43. The minimum absolute atomic E-state index is 0.0632. The van der Waals surface area contributed by atoms with Gasteiger partial charge in [0.05, 0.1) is 0 Å². The smallest absolute Gasteiger partial charge is 0.314 e. The molecule has 0 aromatic heterocycles. The molecule has 0 bridgehead atoms. The molecular formula is C22H24N4O4. The number of rotatable bonds is 4. The lowest BCUT2D eigenvalue weighted by molar-refractivity contribution is -0.132.